The minimum Gasteiger partial charge on any atom is -0.316 e. The largest absolute Gasteiger partial charge is 0.316 e. The molecular weight excluding hydrogens is 252 g/mol. The van der Waals surface area contributed by atoms with Crippen LogP contribution in [0.25, 0.3) is 0 Å². The number of hydrogen-bond acceptors (Lipinski definition) is 3. The van der Waals surface area contributed by atoms with E-state index in [9.17, 15) is 0 Å². The third kappa shape index (κ3) is 4.30. The highest BCUT2D eigenvalue weighted by Gasteiger charge is 2.26. The molecule has 1 fully saturated rings. The van der Waals surface area contributed by atoms with Crippen LogP contribution in [0.5, 0.6) is 0 Å². The summed E-state index contributed by atoms with van der Waals surface area (Å²) in [6.45, 7) is 13.9. The first-order valence-electron chi connectivity index (χ1n) is 7.57. The summed E-state index contributed by atoms with van der Waals surface area (Å²) in [6, 6.07) is 5.14. The van der Waals surface area contributed by atoms with Gasteiger partial charge >= 0.3 is 0 Å². The second-order valence-corrected chi connectivity index (χ2v) is 7.65. The van der Waals surface area contributed by atoms with Crippen LogP contribution in [0.15, 0.2) is 12.1 Å². The zero-order valence-electron chi connectivity index (χ0n) is 12.8. The van der Waals surface area contributed by atoms with Crippen LogP contribution < -0.4 is 5.32 Å². The monoisotopic (exact) mass is 280 g/mol. The quantitative estimate of drug-likeness (QED) is 0.855. The number of likely N-dealkylation sites (tertiary alicyclic amines) is 1. The Morgan fingerprint density at radius 2 is 2.16 bits per heavy atom. The fraction of sp³-hybridized carbons (Fsp3) is 0.750. The molecule has 2 rings (SSSR count). The van der Waals surface area contributed by atoms with Gasteiger partial charge in [-0.15, -0.1) is 11.3 Å². The average Bonchev–Trinajstić information content (AvgIpc) is 2.97. The molecule has 1 aromatic rings. The third-order valence-electron chi connectivity index (χ3n) is 4.02. The average molecular weight is 280 g/mol. The van der Waals surface area contributed by atoms with E-state index in [2.05, 4.69) is 50.0 Å². The van der Waals surface area contributed by atoms with Crippen molar-refractivity contribution in [1.82, 2.24) is 10.2 Å². The number of nitrogens with one attached hydrogen (secondary N) is 1. The smallest absolute Gasteiger partial charge is 0.0413 e. The van der Waals surface area contributed by atoms with Crippen LogP contribution in [0.1, 0.15) is 43.0 Å². The van der Waals surface area contributed by atoms with Crippen molar-refractivity contribution >= 4 is 11.3 Å². The fourth-order valence-electron chi connectivity index (χ4n) is 2.82. The van der Waals surface area contributed by atoms with Gasteiger partial charge in [0.25, 0.3) is 0 Å². The van der Waals surface area contributed by atoms with Crippen LogP contribution in [0.2, 0.25) is 0 Å². The molecule has 0 saturated carbocycles. The van der Waals surface area contributed by atoms with Gasteiger partial charge < -0.3 is 5.32 Å². The third-order valence-corrected chi connectivity index (χ3v) is 5.19. The van der Waals surface area contributed by atoms with Gasteiger partial charge in [-0.2, -0.15) is 0 Å². The molecule has 0 spiro atoms. The predicted octanol–water partition coefficient (Wildman–Crippen LogP) is 3.69. The first kappa shape index (κ1) is 15.0. The van der Waals surface area contributed by atoms with Crippen molar-refractivity contribution in [3.63, 3.8) is 0 Å². The lowest BCUT2D eigenvalue weighted by atomic mass is 10.1. The highest BCUT2D eigenvalue weighted by Crippen LogP contribution is 2.31. The number of nitrogens with zero attached hydrogens (tertiary/aromatic N) is 1. The van der Waals surface area contributed by atoms with E-state index in [4.69, 9.17) is 0 Å². The Bertz CT molecular complexity index is 386. The number of rotatable bonds is 6. The van der Waals surface area contributed by atoms with E-state index < -0.39 is 0 Å². The second kappa shape index (κ2) is 6.87. The summed E-state index contributed by atoms with van der Waals surface area (Å²) >= 11 is 1.95. The molecule has 1 aromatic heterocycles. The zero-order valence-corrected chi connectivity index (χ0v) is 13.6. The highest BCUT2D eigenvalue weighted by molar-refractivity contribution is 7.12. The molecule has 2 heterocycles. The lowest BCUT2D eigenvalue weighted by Crippen LogP contribution is -2.29. The summed E-state index contributed by atoms with van der Waals surface area (Å²) in [5.41, 5.74) is 0. The first-order valence-corrected chi connectivity index (χ1v) is 8.39. The Morgan fingerprint density at radius 3 is 2.79 bits per heavy atom. The maximum atomic E-state index is 3.61. The minimum absolute atomic E-state index is 0.591. The van der Waals surface area contributed by atoms with E-state index >= 15 is 0 Å². The number of thiophene rings is 1. The Balaban J connectivity index is 1.78. The maximum absolute atomic E-state index is 3.61. The van der Waals surface area contributed by atoms with Crippen LogP contribution in [-0.4, -0.2) is 31.1 Å². The van der Waals surface area contributed by atoms with Crippen molar-refractivity contribution in [3.05, 3.63) is 21.9 Å². The fourth-order valence-corrected chi connectivity index (χ4v) is 3.78. The highest BCUT2D eigenvalue weighted by atomic mass is 32.1. The summed E-state index contributed by atoms with van der Waals surface area (Å²) in [5, 5.41) is 3.61. The van der Waals surface area contributed by atoms with Gasteiger partial charge in [0.1, 0.15) is 0 Å². The standard InChI is InChI=1S/C16H28N2S/c1-12(2)9-17-10-15-7-8-18(11-15)14(4)16-6-5-13(3)19-16/h5-6,12,14-15,17H,7-11H2,1-4H3. The van der Waals surface area contributed by atoms with Crippen molar-refractivity contribution < 1.29 is 0 Å². The molecular formula is C16H28N2S. The van der Waals surface area contributed by atoms with Crippen LogP contribution in [0, 0.1) is 18.8 Å². The van der Waals surface area contributed by atoms with Crippen molar-refractivity contribution in [2.75, 3.05) is 26.2 Å². The Kier molecular flexibility index (Phi) is 5.43. The van der Waals surface area contributed by atoms with E-state index in [1.54, 1.807) is 0 Å². The van der Waals surface area contributed by atoms with Gasteiger partial charge in [0.2, 0.25) is 0 Å². The molecule has 0 bridgehead atoms. The summed E-state index contributed by atoms with van der Waals surface area (Å²) in [7, 11) is 0. The molecule has 0 amide bonds. The molecule has 1 saturated heterocycles. The Hall–Kier alpha value is -0.380. The summed E-state index contributed by atoms with van der Waals surface area (Å²) in [6.07, 6.45) is 1.35. The van der Waals surface area contributed by atoms with Crippen LogP contribution in [0.4, 0.5) is 0 Å². The number of aryl methyl sites for hydroxylation is 1. The number of hydrogen-bond donors (Lipinski definition) is 1. The van der Waals surface area contributed by atoms with Gasteiger partial charge in [-0.1, -0.05) is 13.8 Å². The van der Waals surface area contributed by atoms with Crippen molar-refractivity contribution in [3.8, 4) is 0 Å². The summed E-state index contributed by atoms with van der Waals surface area (Å²) in [4.78, 5) is 5.59. The van der Waals surface area contributed by atoms with Gasteiger partial charge in [0.15, 0.2) is 0 Å². The van der Waals surface area contributed by atoms with Gasteiger partial charge in [0, 0.05) is 22.3 Å². The van der Waals surface area contributed by atoms with Gasteiger partial charge in [-0.3, -0.25) is 4.90 Å². The Labute approximate surface area is 122 Å². The molecule has 0 aliphatic carbocycles. The minimum atomic E-state index is 0.591. The van der Waals surface area contributed by atoms with Crippen molar-refractivity contribution in [2.45, 2.75) is 40.2 Å². The van der Waals surface area contributed by atoms with E-state index in [0.29, 0.717) is 6.04 Å². The van der Waals surface area contributed by atoms with E-state index in [-0.39, 0.29) is 0 Å². The maximum Gasteiger partial charge on any atom is 0.0413 e. The zero-order chi connectivity index (χ0) is 13.8. The van der Waals surface area contributed by atoms with Gasteiger partial charge in [-0.25, -0.2) is 0 Å². The van der Waals surface area contributed by atoms with Crippen LogP contribution in [-0.2, 0) is 0 Å². The molecule has 2 atom stereocenters. The molecule has 108 valence electrons. The van der Waals surface area contributed by atoms with E-state index in [1.165, 1.54) is 35.8 Å². The molecule has 1 aliphatic heterocycles. The Morgan fingerprint density at radius 1 is 1.37 bits per heavy atom. The SMILES string of the molecule is Cc1ccc(C(C)N2CCC(CNCC(C)C)C2)s1. The van der Waals surface area contributed by atoms with Crippen LogP contribution >= 0.6 is 11.3 Å². The molecule has 3 heteroatoms. The van der Waals surface area contributed by atoms with Crippen molar-refractivity contribution in [2.24, 2.45) is 11.8 Å². The molecule has 0 radical (unpaired) electrons. The lowest BCUT2D eigenvalue weighted by Gasteiger charge is -2.23. The van der Waals surface area contributed by atoms with Crippen LogP contribution in [0.3, 0.4) is 0 Å². The summed E-state index contributed by atoms with van der Waals surface area (Å²) in [5.74, 6) is 1.59. The first-order chi connectivity index (χ1) is 9.06. The van der Waals surface area contributed by atoms with E-state index in [0.717, 1.165) is 18.4 Å². The molecule has 0 aromatic carbocycles. The summed E-state index contributed by atoms with van der Waals surface area (Å²) < 4.78 is 0. The lowest BCUT2D eigenvalue weighted by molar-refractivity contribution is 0.254. The molecule has 2 unspecified atom stereocenters. The molecule has 2 nitrogen and oxygen atoms in total. The van der Waals surface area contributed by atoms with Gasteiger partial charge in [-0.05, 0) is 63.9 Å². The predicted molar refractivity (Wildman–Crippen MR) is 84.9 cm³/mol. The van der Waals surface area contributed by atoms with Crippen molar-refractivity contribution in [1.29, 1.82) is 0 Å². The van der Waals surface area contributed by atoms with Gasteiger partial charge in [0.05, 0.1) is 0 Å². The normalized spacial score (nSPS) is 22.3. The molecule has 1 aliphatic rings. The molecule has 19 heavy (non-hydrogen) atoms. The second-order valence-electron chi connectivity index (χ2n) is 6.33. The molecule has 1 N–H and O–H groups in total. The van der Waals surface area contributed by atoms with E-state index in [1.807, 2.05) is 11.3 Å². The topological polar surface area (TPSA) is 15.3 Å².